The first-order valence-electron chi connectivity index (χ1n) is 8.13. The fraction of sp³-hybridized carbons (Fsp3) is 0.647. The molecule has 0 amide bonds. The number of hydrogen-bond acceptors (Lipinski definition) is 4. The summed E-state index contributed by atoms with van der Waals surface area (Å²) in [6, 6.07) is 8.69. The van der Waals surface area contributed by atoms with Crippen molar-refractivity contribution in [2.75, 3.05) is 36.4 Å². The van der Waals surface area contributed by atoms with Gasteiger partial charge < -0.3 is 20.7 Å². The van der Waals surface area contributed by atoms with Gasteiger partial charge in [0, 0.05) is 31.0 Å². The highest BCUT2D eigenvalue weighted by Crippen LogP contribution is 2.23. The van der Waals surface area contributed by atoms with Crippen molar-refractivity contribution in [2.45, 2.75) is 45.3 Å². The van der Waals surface area contributed by atoms with Gasteiger partial charge in [-0.25, -0.2) is 0 Å². The van der Waals surface area contributed by atoms with Gasteiger partial charge >= 0.3 is 0 Å². The lowest BCUT2D eigenvalue weighted by atomic mass is 10.2. The van der Waals surface area contributed by atoms with Gasteiger partial charge in [0.25, 0.3) is 0 Å². The Kier molecular flexibility index (Phi) is 6.33. The third-order valence-corrected chi connectivity index (χ3v) is 3.84. The van der Waals surface area contributed by atoms with E-state index in [1.54, 1.807) is 0 Å². The summed E-state index contributed by atoms with van der Waals surface area (Å²) in [5, 5.41) is 3.51. The molecule has 1 aromatic carbocycles. The van der Waals surface area contributed by atoms with Crippen LogP contribution >= 0.6 is 0 Å². The Morgan fingerprint density at radius 1 is 1.19 bits per heavy atom. The molecule has 3 N–H and O–H groups in total. The van der Waals surface area contributed by atoms with Crippen molar-refractivity contribution in [3.05, 3.63) is 24.3 Å². The number of unbranched alkanes of at least 4 members (excludes halogenated alkanes) is 2. The van der Waals surface area contributed by atoms with Crippen LogP contribution in [0, 0.1) is 0 Å². The summed E-state index contributed by atoms with van der Waals surface area (Å²) in [5.74, 6) is 0. The molecule has 21 heavy (non-hydrogen) atoms. The standard InChI is InChI=1S/C17H29N3O/c1-14-12-20(13-15(2)21-14)17-8-6-7-16(11-17)19-10-5-3-4-9-18/h6-8,11,14-15,19H,3-5,9-10,12-13,18H2,1-2H3. The third kappa shape index (κ3) is 5.21. The smallest absolute Gasteiger partial charge is 0.0726 e. The second-order valence-electron chi connectivity index (χ2n) is 5.99. The Bertz CT molecular complexity index is 414. The van der Waals surface area contributed by atoms with Gasteiger partial charge in [-0.3, -0.25) is 0 Å². The molecule has 0 spiro atoms. The van der Waals surface area contributed by atoms with Crippen LogP contribution in [0.15, 0.2) is 24.3 Å². The molecule has 1 heterocycles. The fourth-order valence-corrected chi connectivity index (χ4v) is 2.88. The van der Waals surface area contributed by atoms with E-state index < -0.39 is 0 Å². The highest BCUT2D eigenvalue weighted by molar-refractivity contribution is 5.58. The molecule has 0 saturated carbocycles. The number of nitrogens with zero attached hydrogens (tertiary/aromatic N) is 1. The van der Waals surface area contributed by atoms with E-state index in [9.17, 15) is 0 Å². The number of benzene rings is 1. The minimum atomic E-state index is 0.293. The second-order valence-corrected chi connectivity index (χ2v) is 5.99. The van der Waals surface area contributed by atoms with Gasteiger partial charge in [0.2, 0.25) is 0 Å². The van der Waals surface area contributed by atoms with E-state index in [1.807, 2.05) is 0 Å². The van der Waals surface area contributed by atoms with Crippen molar-refractivity contribution in [2.24, 2.45) is 5.73 Å². The van der Waals surface area contributed by atoms with Gasteiger partial charge in [0.1, 0.15) is 0 Å². The van der Waals surface area contributed by atoms with Crippen molar-refractivity contribution in [1.29, 1.82) is 0 Å². The SMILES string of the molecule is CC1CN(c2cccc(NCCCCCN)c2)CC(C)O1. The van der Waals surface area contributed by atoms with Gasteiger partial charge in [-0.15, -0.1) is 0 Å². The van der Waals surface area contributed by atoms with Crippen molar-refractivity contribution in [3.63, 3.8) is 0 Å². The summed E-state index contributed by atoms with van der Waals surface area (Å²) in [4.78, 5) is 2.42. The highest BCUT2D eigenvalue weighted by atomic mass is 16.5. The second kappa shape index (κ2) is 8.25. The molecule has 1 fully saturated rings. The molecular weight excluding hydrogens is 262 g/mol. The predicted molar refractivity (Wildman–Crippen MR) is 90.1 cm³/mol. The molecular formula is C17H29N3O. The number of nitrogens with one attached hydrogen (secondary N) is 1. The van der Waals surface area contributed by atoms with Crippen molar-refractivity contribution in [3.8, 4) is 0 Å². The molecule has 0 bridgehead atoms. The molecule has 2 rings (SSSR count). The Morgan fingerprint density at radius 3 is 2.67 bits per heavy atom. The molecule has 1 aromatic rings. The molecule has 0 radical (unpaired) electrons. The van der Waals surface area contributed by atoms with E-state index >= 15 is 0 Å². The van der Waals surface area contributed by atoms with Crippen molar-refractivity contribution >= 4 is 11.4 Å². The summed E-state index contributed by atoms with van der Waals surface area (Å²) < 4.78 is 5.80. The maximum Gasteiger partial charge on any atom is 0.0726 e. The van der Waals surface area contributed by atoms with Gasteiger partial charge in [-0.1, -0.05) is 12.5 Å². The molecule has 1 aliphatic heterocycles. The molecule has 1 aliphatic rings. The molecule has 4 nitrogen and oxygen atoms in total. The van der Waals surface area contributed by atoms with Crippen LogP contribution in [-0.4, -0.2) is 38.4 Å². The van der Waals surface area contributed by atoms with Crippen LogP contribution in [0.2, 0.25) is 0 Å². The van der Waals surface area contributed by atoms with E-state index in [0.717, 1.165) is 32.6 Å². The lowest BCUT2D eigenvalue weighted by Crippen LogP contribution is -2.45. The lowest BCUT2D eigenvalue weighted by Gasteiger charge is -2.37. The van der Waals surface area contributed by atoms with Gasteiger partial charge in [0.05, 0.1) is 12.2 Å². The zero-order valence-corrected chi connectivity index (χ0v) is 13.3. The van der Waals surface area contributed by atoms with Gasteiger partial charge in [0.15, 0.2) is 0 Å². The quantitative estimate of drug-likeness (QED) is 0.759. The van der Waals surface area contributed by atoms with E-state index in [4.69, 9.17) is 10.5 Å². The molecule has 4 heteroatoms. The number of ether oxygens (including phenoxy) is 1. The van der Waals surface area contributed by atoms with Gasteiger partial charge in [-0.2, -0.15) is 0 Å². The van der Waals surface area contributed by atoms with E-state index in [2.05, 4.69) is 48.3 Å². The van der Waals surface area contributed by atoms with Crippen LogP contribution in [0.25, 0.3) is 0 Å². The Labute approximate surface area is 128 Å². The summed E-state index contributed by atoms with van der Waals surface area (Å²) in [6.45, 7) is 8.02. The number of nitrogens with two attached hydrogens (primary N) is 1. The Balaban J connectivity index is 1.88. The maximum atomic E-state index is 5.80. The van der Waals surface area contributed by atoms with Crippen LogP contribution in [-0.2, 0) is 4.74 Å². The molecule has 2 unspecified atom stereocenters. The zero-order chi connectivity index (χ0) is 15.1. The highest BCUT2D eigenvalue weighted by Gasteiger charge is 2.22. The molecule has 1 saturated heterocycles. The van der Waals surface area contributed by atoms with Crippen molar-refractivity contribution in [1.82, 2.24) is 0 Å². The Morgan fingerprint density at radius 2 is 1.95 bits per heavy atom. The average Bonchev–Trinajstić information content (AvgIpc) is 2.46. The normalized spacial score (nSPS) is 22.3. The predicted octanol–water partition coefficient (Wildman–Crippen LogP) is 2.84. The topological polar surface area (TPSA) is 50.5 Å². The van der Waals surface area contributed by atoms with E-state index in [1.165, 1.54) is 24.2 Å². The molecule has 2 atom stereocenters. The lowest BCUT2D eigenvalue weighted by molar-refractivity contribution is -0.00521. The Hall–Kier alpha value is -1.26. The fourth-order valence-electron chi connectivity index (χ4n) is 2.88. The molecule has 118 valence electrons. The minimum Gasteiger partial charge on any atom is -0.385 e. The third-order valence-electron chi connectivity index (χ3n) is 3.84. The number of rotatable bonds is 7. The summed E-state index contributed by atoms with van der Waals surface area (Å²) >= 11 is 0. The average molecular weight is 291 g/mol. The largest absolute Gasteiger partial charge is 0.385 e. The minimum absolute atomic E-state index is 0.293. The van der Waals surface area contributed by atoms with Crippen LogP contribution in [0.5, 0.6) is 0 Å². The van der Waals surface area contributed by atoms with Crippen LogP contribution in [0.1, 0.15) is 33.1 Å². The van der Waals surface area contributed by atoms with Crippen molar-refractivity contribution < 1.29 is 4.74 Å². The monoisotopic (exact) mass is 291 g/mol. The molecule has 0 aliphatic carbocycles. The molecule has 0 aromatic heterocycles. The maximum absolute atomic E-state index is 5.80. The van der Waals surface area contributed by atoms with E-state index in [0.29, 0.717) is 12.2 Å². The number of morpholine rings is 1. The first kappa shape index (κ1) is 16.1. The summed E-state index contributed by atoms with van der Waals surface area (Å²) in [6.07, 6.45) is 4.07. The van der Waals surface area contributed by atoms with E-state index in [-0.39, 0.29) is 0 Å². The summed E-state index contributed by atoms with van der Waals surface area (Å²) in [5.41, 5.74) is 7.99. The first-order chi connectivity index (χ1) is 10.2. The number of hydrogen-bond donors (Lipinski definition) is 2. The number of anilines is 2. The zero-order valence-electron chi connectivity index (χ0n) is 13.3. The van der Waals surface area contributed by atoms with Gasteiger partial charge in [-0.05, 0) is 51.4 Å². The van der Waals surface area contributed by atoms with Crippen LogP contribution in [0.4, 0.5) is 11.4 Å². The first-order valence-corrected chi connectivity index (χ1v) is 8.13. The van der Waals surface area contributed by atoms with Crippen LogP contribution < -0.4 is 16.0 Å². The van der Waals surface area contributed by atoms with Crippen LogP contribution in [0.3, 0.4) is 0 Å². The summed E-state index contributed by atoms with van der Waals surface area (Å²) in [7, 11) is 0.